The van der Waals surface area contributed by atoms with Gasteiger partial charge in [0.25, 0.3) is 0 Å². The third-order valence-electron chi connectivity index (χ3n) is 4.39. The standard InChI is InChI=1S/C15H23N7/c1-12-13(2)18-15(19-14(12)3)21-7-4-20(5-8-21)6-9-22-11-16-10-17-22/h10-11H,4-9H2,1-3H3. The number of rotatable bonds is 4. The molecule has 1 aliphatic rings. The first-order valence-electron chi connectivity index (χ1n) is 7.75. The Morgan fingerprint density at radius 1 is 0.955 bits per heavy atom. The van der Waals surface area contributed by atoms with Gasteiger partial charge in [0.2, 0.25) is 5.95 Å². The Morgan fingerprint density at radius 3 is 2.23 bits per heavy atom. The lowest BCUT2D eigenvalue weighted by molar-refractivity contribution is 0.243. The molecule has 118 valence electrons. The highest BCUT2D eigenvalue weighted by Gasteiger charge is 2.19. The first-order valence-corrected chi connectivity index (χ1v) is 7.75. The molecule has 3 heterocycles. The van der Waals surface area contributed by atoms with E-state index in [0.29, 0.717) is 0 Å². The number of hydrogen-bond donors (Lipinski definition) is 0. The van der Waals surface area contributed by atoms with Crippen LogP contribution in [0.5, 0.6) is 0 Å². The predicted octanol–water partition coefficient (Wildman–Crippen LogP) is 0.816. The van der Waals surface area contributed by atoms with Crippen LogP contribution in [0.3, 0.4) is 0 Å². The quantitative estimate of drug-likeness (QED) is 0.833. The van der Waals surface area contributed by atoms with Crippen molar-refractivity contribution in [1.29, 1.82) is 0 Å². The molecule has 0 aromatic carbocycles. The first kappa shape index (κ1) is 14.9. The van der Waals surface area contributed by atoms with Crippen LogP contribution in [-0.4, -0.2) is 62.4 Å². The normalized spacial score (nSPS) is 16.2. The van der Waals surface area contributed by atoms with E-state index in [2.05, 4.69) is 50.6 Å². The highest BCUT2D eigenvalue weighted by Crippen LogP contribution is 2.16. The maximum atomic E-state index is 4.64. The zero-order chi connectivity index (χ0) is 15.5. The summed E-state index contributed by atoms with van der Waals surface area (Å²) in [6.07, 6.45) is 3.35. The maximum Gasteiger partial charge on any atom is 0.225 e. The highest BCUT2D eigenvalue weighted by atomic mass is 15.3. The number of hydrogen-bond acceptors (Lipinski definition) is 6. The van der Waals surface area contributed by atoms with E-state index >= 15 is 0 Å². The van der Waals surface area contributed by atoms with Crippen molar-refractivity contribution in [3.05, 3.63) is 29.6 Å². The van der Waals surface area contributed by atoms with Crippen molar-refractivity contribution in [1.82, 2.24) is 29.6 Å². The largest absolute Gasteiger partial charge is 0.338 e. The molecule has 0 bridgehead atoms. The SMILES string of the molecule is Cc1nc(N2CCN(CCn3cncn3)CC2)nc(C)c1C. The van der Waals surface area contributed by atoms with Gasteiger partial charge in [-0.15, -0.1) is 0 Å². The van der Waals surface area contributed by atoms with E-state index in [9.17, 15) is 0 Å². The van der Waals surface area contributed by atoms with E-state index < -0.39 is 0 Å². The molecule has 0 atom stereocenters. The summed E-state index contributed by atoms with van der Waals surface area (Å²) >= 11 is 0. The molecule has 1 fully saturated rings. The second-order valence-corrected chi connectivity index (χ2v) is 5.81. The van der Waals surface area contributed by atoms with Gasteiger partial charge in [-0.05, 0) is 26.3 Å². The van der Waals surface area contributed by atoms with Crippen LogP contribution < -0.4 is 4.90 Å². The van der Waals surface area contributed by atoms with Gasteiger partial charge in [0.05, 0.1) is 6.54 Å². The molecule has 0 radical (unpaired) electrons. The minimum Gasteiger partial charge on any atom is -0.338 e. The second-order valence-electron chi connectivity index (χ2n) is 5.81. The Morgan fingerprint density at radius 2 is 1.64 bits per heavy atom. The molecule has 0 N–H and O–H groups in total. The molecule has 3 rings (SSSR count). The molecular weight excluding hydrogens is 278 g/mol. The Kier molecular flexibility index (Phi) is 4.33. The van der Waals surface area contributed by atoms with E-state index in [-0.39, 0.29) is 0 Å². The molecule has 7 heteroatoms. The molecule has 1 saturated heterocycles. The lowest BCUT2D eigenvalue weighted by Gasteiger charge is -2.34. The van der Waals surface area contributed by atoms with Crippen molar-refractivity contribution in [2.75, 3.05) is 37.6 Å². The number of aromatic nitrogens is 5. The fraction of sp³-hybridized carbons (Fsp3) is 0.600. The molecule has 1 aliphatic heterocycles. The summed E-state index contributed by atoms with van der Waals surface area (Å²) in [5.41, 5.74) is 3.35. The highest BCUT2D eigenvalue weighted by molar-refractivity contribution is 5.36. The van der Waals surface area contributed by atoms with E-state index in [4.69, 9.17) is 0 Å². The molecule has 0 amide bonds. The Hall–Kier alpha value is -2.02. The molecule has 2 aromatic rings. The van der Waals surface area contributed by atoms with Gasteiger partial charge in [-0.1, -0.05) is 0 Å². The van der Waals surface area contributed by atoms with Crippen LogP contribution in [0.2, 0.25) is 0 Å². The van der Waals surface area contributed by atoms with Gasteiger partial charge in [-0.3, -0.25) is 9.58 Å². The van der Waals surface area contributed by atoms with Crippen LogP contribution in [0.25, 0.3) is 0 Å². The summed E-state index contributed by atoms with van der Waals surface area (Å²) in [4.78, 5) is 18.0. The minimum atomic E-state index is 0.872. The first-order chi connectivity index (χ1) is 10.6. The number of piperazine rings is 1. The van der Waals surface area contributed by atoms with E-state index in [0.717, 1.165) is 56.6 Å². The van der Waals surface area contributed by atoms with Crippen LogP contribution in [0.4, 0.5) is 5.95 Å². The van der Waals surface area contributed by atoms with Gasteiger partial charge in [-0.25, -0.2) is 15.0 Å². The average molecular weight is 301 g/mol. The van der Waals surface area contributed by atoms with Crippen LogP contribution in [-0.2, 0) is 6.54 Å². The smallest absolute Gasteiger partial charge is 0.225 e. The van der Waals surface area contributed by atoms with E-state index in [1.807, 2.05) is 4.68 Å². The predicted molar refractivity (Wildman–Crippen MR) is 84.9 cm³/mol. The second kappa shape index (κ2) is 6.39. The molecule has 0 saturated carbocycles. The zero-order valence-corrected chi connectivity index (χ0v) is 13.5. The maximum absolute atomic E-state index is 4.64. The number of nitrogens with zero attached hydrogens (tertiary/aromatic N) is 7. The Balaban J connectivity index is 1.55. The lowest BCUT2D eigenvalue weighted by Crippen LogP contribution is -2.48. The van der Waals surface area contributed by atoms with Crippen LogP contribution in [0, 0.1) is 20.8 Å². The summed E-state index contributed by atoms with van der Waals surface area (Å²) in [7, 11) is 0. The lowest BCUT2D eigenvalue weighted by atomic mass is 10.2. The summed E-state index contributed by atoms with van der Waals surface area (Å²) in [6.45, 7) is 12.1. The molecular formula is C15H23N7. The van der Waals surface area contributed by atoms with Crippen LogP contribution in [0.15, 0.2) is 12.7 Å². The van der Waals surface area contributed by atoms with E-state index in [1.54, 1.807) is 12.7 Å². The van der Waals surface area contributed by atoms with Gasteiger partial charge < -0.3 is 4.90 Å². The third kappa shape index (κ3) is 3.24. The molecule has 0 spiro atoms. The topological polar surface area (TPSA) is 63.0 Å². The van der Waals surface area contributed by atoms with Gasteiger partial charge in [0, 0.05) is 44.1 Å². The minimum absolute atomic E-state index is 0.872. The summed E-state index contributed by atoms with van der Waals surface area (Å²) in [5, 5.41) is 4.14. The monoisotopic (exact) mass is 301 g/mol. The summed E-state index contributed by atoms with van der Waals surface area (Å²) in [5.74, 6) is 0.872. The van der Waals surface area contributed by atoms with Crippen molar-refractivity contribution >= 4 is 5.95 Å². The van der Waals surface area contributed by atoms with Gasteiger partial charge in [0.1, 0.15) is 12.7 Å². The van der Waals surface area contributed by atoms with Crippen molar-refractivity contribution in [3.8, 4) is 0 Å². The van der Waals surface area contributed by atoms with Gasteiger partial charge >= 0.3 is 0 Å². The van der Waals surface area contributed by atoms with Crippen molar-refractivity contribution in [2.24, 2.45) is 0 Å². The zero-order valence-electron chi connectivity index (χ0n) is 13.5. The molecule has 7 nitrogen and oxygen atoms in total. The van der Waals surface area contributed by atoms with Crippen LogP contribution >= 0.6 is 0 Å². The van der Waals surface area contributed by atoms with Crippen LogP contribution in [0.1, 0.15) is 17.0 Å². The van der Waals surface area contributed by atoms with Crippen molar-refractivity contribution in [3.63, 3.8) is 0 Å². The number of aryl methyl sites for hydroxylation is 2. The van der Waals surface area contributed by atoms with Gasteiger partial charge in [0.15, 0.2) is 0 Å². The Bertz CT molecular complexity index is 592. The third-order valence-corrected chi connectivity index (χ3v) is 4.39. The molecule has 22 heavy (non-hydrogen) atoms. The number of anilines is 1. The van der Waals surface area contributed by atoms with Crippen molar-refractivity contribution < 1.29 is 0 Å². The fourth-order valence-electron chi connectivity index (χ4n) is 2.66. The fourth-order valence-corrected chi connectivity index (χ4v) is 2.66. The van der Waals surface area contributed by atoms with Gasteiger partial charge in [-0.2, -0.15) is 5.10 Å². The Labute approximate surface area is 131 Å². The van der Waals surface area contributed by atoms with Crippen molar-refractivity contribution in [2.45, 2.75) is 27.3 Å². The molecule has 2 aromatic heterocycles. The molecule has 0 aliphatic carbocycles. The summed E-state index contributed by atoms with van der Waals surface area (Å²) in [6, 6.07) is 0. The average Bonchev–Trinajstić information content (AvgIpc) is 3.04. The van der Waals surface area contributed by atoms with E-state index in [1.165, 1.54) is 5.56 Å². The molecule has 0 unspecified atom stereocenters. The summed E-state index contributed by atoms with van der Waals surface area (Å²) < 4.78 is 1.88.